The molecule has 0 fully saturated rings. The van der Waals surface area contributed by atoms with E-state index in [2.05, 4.69) is 15.3 Å². The van der Waals surface area contributed by atoms with Gasteiger partial charge in [-0.1, -0.05) is 12.2 Å². The molecule has 1 rings (SSSR count). The Bertz CT molecular complexity index is 509. The molecule has 0 saturated carbocycles. The molecule has 3 N–H and O–H groups in total. The summed E-state index contributed by atoms with van der Waals surface area (Å²) in [5, 5.41) is 2.67. The van der Waals surface area contributed by atoms with Gasteiger partial charge >= 0.3 is 6.09 Å². The molecule has 0 radical (unpaired) electrons. The lowest BCUT2D eigenvalue weighted by Crippen LogP contribution is -2.32. The number of rotatable bonds is 5. The molecule has 7 heteroatoms. The largest absolute Gasteiger partial charge is 0.480 e. The molecule has 0 saturated heterocycles. The van der Waals surface area contributed by atoms with Gasteiger partial charge in [0.2, 0.25) is 11.8 Å². The third-order valence-electron chi connectivity index (χ3n) is 2.27. The summed E-state index contributed by atoms with van der Waals surface area (Å²) in [5.74, 6) is 0.578. The summed E-state index contributed by atoms with van der Waals surface area (Å²) < 4.78 is 10.2. The summed E-state index contributed by atoms with van der Waals surface area (Å²) in [7, 11) is 1.52. The Morgan fingerprint density at radius 2 is 2.19 bits per heavy atom. The van der Waals surface area contributed by atoms with Gasteiger partial charge in [-0.15, -0.1) is 0 Å². The highest BCUT2D eigenvalue weighted by Crippen LogP contribution is 2.16. The van der Waals surface area contributed by atoms with Gasteiger partial charge in [0.25, 0.3) is 0 Å². The predicted molar refractivity (Wildman–Crippen MR) is 80.9 cm³/mol. The van der Waals surface area contributed by atoms with Crippen molar-refractivity contribution in [3.05, 3.63) is 17.8 Å². The van der Waals surface area contributed by atoms with Crippen LogP contribution < -0.4 is 15.8 Å². The number of ether oxygens (including phenoxy) is 2. The average Bonchev–Trinajstić information content (AvgIpc) is 2.37. The molecular formula is C14H22N4O3. The number of methoxy groups -OCH3 is 1. The van der Waals surface area contributed by atoms with Gasteiger partial charge in [-0.25, -0.2) is 9.78 Å². The van der Waals surface area contributed by atoms with Gasteiger partial charge in [0, 0.05) is 12.7 Å². The minimum absolute atomic E-state index is 0.163. The fourth-order valence-corrected chi connectivity index (χ4v) is 1.45. The van der Waals surface area contributed by atoms with Gasteiger partial charge < -0.3 is 20.5 Å². The van der Waals surface area contributed by atoms with Crippen LogP contribution in [0.15, 0.2) is 12.3 Å². The van der Waals surface area contributed by atoms with Crippen LogP contribution in [0.2, 0.25) is 0 Å². The van der Waals surface area contributed by atoms with Crippen molar-refractivity contribution in [2.75, 3.05) is 19.4 Å². The number of hydrogen-bond acceptors (Lipinski definition) is 6. The average molecular weight is 294 g/mol. The third kappa shape index (κ3) is 6.60. The van der Waals surface area contributed by atoms with E-state index in [4.69, 9.17) is 15.2 Å². The van der Waals surface area contributed by atoms with Crippen molar-refractivity contribution in [1.29, 1.82) is 0 Å². The highest BCUT2D eigenvalue weighted by molar-refractivity contribution is 5.67. The number of alkyl carbamates (subject to hydrolysis) is 1. The van der Waals surface area contributed by atoms with Crippen LogP contribution in [0.25, 0.3) is 6.08 Å². The number of hydrogen-bond donors (Lipinski definition) is 2. The minimum atomic E-state index is -0.491. The predicted octanol–water partition coefficient (Wildman–Crippen LogP) is 2.00. The molecule has 1 amide bonds. The summed E-state index contributed by atoms with van der Waals surface area (Å²) in [6.07, 6.45) is 5.50. The summed E-state index contributed by atoms with van der Waals surface area (Å²) in [6.45, 7) is 5.93. The van der Waals surface area contributed by atoms with Crippen LogP contribution in [0, 0.1) is 0 Å². The fourth-order valence-electron chi connectivity index (χ4n) is 1.45. The normalized spacial score (nSPS) is 11.4. The van der Waals surface area contributed by atoms with Crippen molar-refractivity contribution in [2.45, 2.75) is 32.8 Å². The minimum Gasteiger partial charge on any atom is -0.480 e. The lowest BCUT2D eigenvalue weighted by atomic mass is 10.2. The van der Waals surface area contributed by atoms with E-state index < -0.39 is 11.7 Å². The maximum Gasteiger partial charge on any atom is 0.407 e. The molecule has 0 unspecified atom stereocenters. The van der Waals surface area contributed by atoms with Crippen molar-refractivity contribution in [3.8, 4) is 5.88 Å². The monoisotopic (exact) mass is 294 g/mol. The second kappa shape index (κ2) is 7.47. The number of carbonyl (C=O) groups excluding carboxylic acids is 1. The van der Waals surface area contributed by atoms with E-state index in [1.165, 1.54) is 7.11 Å². The molecule has 0 spiro atoms. The van der Waals surface area contributed by atoms with Crippen LogP contribution in [0.3, 0.4) is 0 Å². The van der Waals surface area contributed by atoms with E-state index in [-0.39, 0.29) is 5.95 Å². The van der Waals surface area contributed by atoms with Gasteiger partial charge in [0.05, 0.1) is 12.7 Å². The number of nitrogens with zero attached hydrogens (tertiary/aromatic N) is 2. The maximum absolute atomic E-state index is 11.4. The molecular weight excluding hydrogens is 272 g/mol. The summed E-state index contributed by atoms with van der Waals surface area (Å²) >= 11 is 0. The zero-order valence-electron chi connectivity index (χ0n) is 12.8. The zero-order valence-corrected chi connectivity index (χ0v) is 12.8. The highest BCUT2D eigenvalue weighted by Gasteiger charge is 2.15. The quantitative estimate of drug-likeness (QED) is 0.806. The number of amides is 1. The highest BCUT2D eigenvalue weighted by atomic mass is 16.6. The Labute approximate surface area is 124 Å². The summed E-state index contributed by atoms with van der Waals surface area (Å²) in [5.41, 5.74) is 5.71. The molecule has 21 heavy (non-hydrogen) atoms. The second-order valence-corrected chi connectivity index (χ2v) is 5.31. The smallest absolute Gasteiger partial charge is 0.407 e. The molecule has 0 aliphatic carbocycles. The van der Waals surface area contributed by atoms with Gasteiger partial charge in [-0.3, -0.25) is 0 Å². The van der Waals surface area contributed by atoms with Crippen molar-refractivity contribution in [3.63, 3.8) is 0 Å². The molecule has 0 bridgehead atoms. The van der Waals surface area contributed by atoms with E-state index in [9.17, 15) is 4.79 Å². The number of nitrogens with one attached hydrogen (secondary N) is 1. The first-order valence-corrected chi connectivity index (χ1v) is 6.61. The van der Waals surface area contributed by atoms with E-state index in [1.807, 2.05) is 32.9 Å². The number of anilines is 1. The molecule has 1 aromatic rings. The first-order chi connectivity index (χ1) is 9.81. The number of nitrogen functional groups attached to an aromatic ring is 1. The topological polar surface area (TPSA) is 99.4 Å². The lowest BCUT2D eigenvalue weighted by molar-refractivity contribution is 0.0529. The molecule has 0 aliphatic rings. The second-order valence-electron chi connectivity index (χ2n) is 5.31. The standard InChI is InChI=1S/C14H22N4O3/c1-14(2,3)21-13(19)16-8-6-5-7-10-9-17-12(15)18-11(10)20-4/h5,7,9H,6,8H2,1-4H3,(H,16,19)(H2,15,17,18)/b7-5+. The Balaban J connectivity index is 2.41. The number of carbonyl (C=O) groups is 1. The third-order valence-corrected chi connectivity index (χ3v) is 2.27. The fraction of sp³-hybridized carbons (Fsp3) is 0.500. The number of nitrogens with two attached hydrogens (primary N) is 1. The van der Waals surface area contributed by atoms with Crippen molar-refractivity contribution in [1.82, 2.24) is 15.3 Å². The molecule has 0 atom stereocenters. The SMILES string of the molecule is COc1nc(N)ncc1/C=C/CCNC(=O)OC(C)(C)C. The van der Waals surface area contributed by atoms with Crippen LogP contribution in [0.1, 0.15) is 32.8 Å². The maximum atomic E-state index is 11.4. The van der Waals surface area contributed by atoms with E-state index in [1.54, 1.807) is 6.20 Å². The van der Waals surface area contributed by atoms with Crippen LogP contribution in [0.5, 0.6) is 5.88 Å². The van der Waals surface area contributed by atoms with Crippen LogP contribution in [-0.2, 0) is 4.74 Å². The van der Waals surface area contributed by atoms with Gasteiger partial charge in [-0.2, -0.15) is 4.98 Å². The summed E-state index contributed by atoms with van der Waals surface area (Å²) in [6, 6.07) is 0. The Hall–Kier alpha value is -2.31. The number of aromatic nitrogens is 2. The van der Waals surface area contributed by atoms with E-state index in [0.29, 0.717) is 18.8 Å². The van der Waals surface area contributed by atoms with E-state index in [0.717, 1.165) is 5.56 Å². The van der Waals surface area contributed by atoms with E-state index >= 15 is 0 Å². The Morgan fingerprint density at radius 1 is 1.48 bits per heavy atom. The Morgan fingerprint density at radius 3 is 2.81 bits per heavy atom. The molecule has 116 valence electrons. The van der Waals surface area contributed by atoms with Crippen molar-refractivity contribution < 1.29 is 14.3 Å². The van der Waals surface area contributed by atoms with Gasteiger partial charge in [-0.05, 0) is 27.2 Å². The van der Waals surface area contributed by atoms with Gasteiger partial charge in [0.1, 0.15) is 5.60 Å². The Kier molecular flexibility index (Phi) is 5.95. The summed E-state index contributed by atoms with van der Waals surface area (Å²) in [4.78, 5) is 19.3. The zero-order chi connectivity index (χ0) is 15.9. The first-order valence-electron chi connectivity index (χ1n) is 6.61. The molecule has 0 aromatic carbocycles. The molecule has 0 aliphatic heterocycles. The lowest BCUT2D eigenvalue weighted by Gasteiger charge is -2.19. The van der Waals surface area contributed by atoms with Gasteiger partial charge in [0.15, 0.2) is 0 Å². The molecule has 7 nitrogen and oxygen atoms in total. The first kappa shape index (κ1) is 16.7. The van der Waals surface area contributed by atoms with Crippen molar-refractivity contribution >= 4 is 18.1 Å². The molecule has 1 heterocycles. The van der Waals surface area contributed by atoms with Crippen LogP contribution >= 0.6 is 0 Å². The van der Waals surface area contributed by atoms with Crippen LogP contribution in [-0.4, -0.2) is 35.3 Å². The van der Waals surface area contributed by atoms with Crippen molar-refractivity contribution in [2.24, 2.45) is 0 Å². The molecule has 1 aromatic heterocycles. The van der Waals surface area contributed by atoms with Crippen LogP contribution in [0.4, 0.5) is 10.7 Å².